The highest BCUT2D eigenvalue weighted by Crippen LogP contribution is 2.52. The van der Waals surface area contributed by atoms with Gasteiger partial charge < -0.3 is 4.90 Å². The van der Waals surface area contributed by atoms with E-state index in [2.05, 4.69) is 37.9 Å². The molecule has 25 heavy (non-hydrogen) atoms. The number of nitrogens with zero attached hydrogens (tertiary/aromatic N) is 4. The van der Waals surface area contributed by atoms with Crippen LogP contribution in [0.3, 0.4) is 0 Å². The summed E-state index contributed by atoms with van der Waals surface area (Å²) in [5, 5.41) is 9.62. The van der Waals surface area contributed by atoms with Gasteiger partial charge in [-0.25, -0.2) is 0 Å². The maximum Gasteiger partial charge on any atom is 0.145 e. The number of aromatic nitrogens is 3. The third-order valence-corrected chi connectivity index (χ3v) is 5.53. The molecule has 1 aromatic heterocycles. The summed E-state index contributed by atoms with van der Waals surface area (Å²) in [5.41, 5.74) is 4.06. The smallest absolute Gasteiger partial charge is 0.145 e. The molecule has 2 aliphatic rings. The standard InChI is InChI=1S/C19H16BClN4/c1-12-22-23-18-19(8-9-19)11-24(15-5-3-14(21)4-6-15)17-10-13(20)2-7-16(17)25(12)18/h2-7,10H,8-9,11H2,1H3. The number of hydrogen-bond acceptors (Lipinski definition) is 3. The van der Waals surface area contributed by atoms with E-state index in [-0.39, 0.29) is 5.41 Å². The van der Waals surface area contributed by atoms with Crippen LogP contribution in [-0.2, 0) is 5.41 Å². The molecule has 0 N–H and O–H groups in total. The summed E-state index contributed by atoms with van der Waals surface area (Å²) >= 11 is 6.09. The van der Waals surface area contributed by atoms with Gasteiger partial charge in [0, 0.05) is 22.7 Å². The van der Waals surface area contributed by atoms with Gasteiger partial charge in [0.2, 0.25) is 0 Å². The van der Waals surface area contributed by atoms with Crippen molar-refractivity contribution in [2.24, 2.45) is 0 Å². The van der Waals surface area contributed by atoms with Gasteiger partial charge in [-0.3, -0.25) is 4.57 Å². The van der Waals surface area contributed by atoms with Crippen molar-refractivity contribution in [3.8, 4) is 5.69 Å². The largest absolute Gasteiger partial charge is 0.339 e. The lowest BCUT2D eigenvalue weighted by Gasteiger charge is -2.28. The van der Waals surface area contributed by atoms with Crippen LogP contribution in [0.15, 0.2) is 42.5 Å². The molecule has 1 aliphatic carbocycles. The average Bonchev–Trinajstić information content (AvgIpc) is 3.30. The lowest BCUT2D eigenvalue weighted by Crippen LogP contribution is -2.28. The Morgan fingerprint density at radius 2 is 1.80 bits per heavy atom. The van der Waals surface area contributed by atoms with E-state index in [0.717, 1.165) is 58.6 Å². The first-order chi connectivity index (χ1) is 12.1. The number of aryl methyl sites for hydroxylation is 1. The molecule has 1 spiro atoms. The van der Waals surface area contributed by atoms with Crippen LogP contribution in [0.4, 0.5) is 11.4 Å². The number of fused-ring (bicyclic) bond motifs is 4. The molecule has 0 unspecified atom stereocenters. The molecule has 2 aromatic carbocycles. The molecular formula is C19H16BClN4. The fraction of sp³-hybridized carbons (Fsp3) is 0.263. The number of rotatable bonds is 1. The first-order valence-electron chi connectivity index (χ1n) is 8.43. The Labute approximate surface area is 152 Å². The van der Waals surface area contributed by atoms with E-state index in [4.69, 9.17) is 19.4 Å². The van der Waals surface area contributed by atoms with Crippen molar-refractivity contribution in [3.05, 3.63) is 59.1 Å². The van der Waals surface area contributed by atoms with Gasteiger partial charge in [0.15, 0.2) is 0 Å². The van der Waals surface area contributed by atoms with Crippen molar-refractivity contribution in [2.45, 2.75) is 25.2 Å². The van der Waals surface area contributed by atoms with Crippen LogP contribution in [0, 0.1) is 6.92 Å². The van der Waals surface area contributed by atoms with Crippen LogP contribution in [-0.4, -0.2) is 29.2 Å². The highest BCUT2D eigenvalue weighted by atomic mass is 35.5. The number of hydrogen-bond donors (Lipinski definition) is 0. The second-order valence-electron chi connectivity index (χ2n) is 7.00. The Morgan fingerprint density at radius 1 is 1.04 bits per heavy atom. The normalized spacial score (nSPS) is 17.1. The van der Waals surface area contributed by atoms with Crippen LogP contribution in [0.2, 0.25) is 5.02 Å². The maximum atomic E-state index is 6.13. The first-order valence-corrected chi connectivity index (χ1v) is 8.81. The van der Waals surface area contributed by atoms with Crippen molar-refractivity contribution in [1.82, 2.24) is 14.8 Å². The van der Waals surface area contributed by atoms with Gasteiger partial charge in [0.25, 0.3) is 0 Å². The van der Waals surface area contributed by atoms with Crippen LogP contribution in [0.1, 0.15) is 24.5 Å². The molecule has 2 heterocycles. The Kier molecular flexibility index (Phi) is 3.08. The Hall–Kier alpha value is -2.27. The lowest BCUT2D eigenvalue weighted by atomic mass is 9.95. The summed E-state index contributed by atoms with van der Waals surface area (Å²) in [6, 6.07) is 14.0. The number of benzene rings is 2. The molecule has 5 rings (SSSR count). The Bertz CT molecular complexity index is 976. The van der Waals surface area contributed by atoms with Crippen LogP contribution in [0.25, 0.3) is 5.69 Å². The molecule has 4 nitrogen and oxygen atoms in total. The molecule has 6 heteroatoms. The molecule has 0 saturated heterocycles. The van der Waals surface area contributed by atoms with E-state index in [9.17, 15) is 0 Å². The average molecular weight is 347 g/mol. The molecule has 1 fully saturated rings. The van der Waals surface area contributed by atoms with E-state index >= 15 is 0 Å². The predicted octanol–water partition coefficient (Wildman–Crippen LogP) is 3.21. The van der Waals surface area contributed by atoms with Gasteiger partial charge in [0.05, 0.1) is 11.4 Å². The number of anilines is 2. The summed E-state index contributed by atoms with van der Waals surface area (Å²) in [5.74, 6) is 1.97. The monoisotopic (exact) mass is 346 g/mol. The molecule has 0 amide bonds. The van der Waals surface area contributed by atoms with Crippen molar-refractivity contribution >= 4 is 36.3 Å². The summed E-state index contributed by atoms with van der Waals surface area (Å²) in [6.45, 7) is 2.87. The zero-order valence-electron chi connectivity index (χ0n) is 13.9. The van der Waals surface area contributed by atoms with E-state index < -0.39 is 0 Å². The van der Waals surface area contributed by atoms with E-state index in [1.54, 1.807) is 0 Å². The minimum Gasteiger partial charge on any atom is -0.339 e. The zero-order valence-corrected chi connectivity index (χ0v) is 14.7. The van der Waals surface area contributed by atoms with Gasteiger partial charge in [-0.1, -0.05) is 23.1 Å². The molecule has 1 saturated carbocycles. The Balaban J connectivity index is 1.78. The summed E-state index contributed by atoms with van der Waals surface area (Å²) in [7, 11) is 6.13. The molecule has 1 aliphatic heterocycles. The molecule has 0 atom stereocenters. The van der Waals surface area contributed by atoms with Gasteiger partial charge in [0.1, 0.15) is 19.5 Å². The summed E-state index contributed by atoms with van der Waals surface area (Å²) in [6.07, 6.45) is 2.25. The van der Waals surface area contributed by atoms with Crippen LogP contribution >= 0.6 is 11.6 Å². The molecule has 0 bridgehead atoms. The summed E-state index contributed by atoms with van der Waals surface area (Å²) in [4.78, 5) is 2.34. The third-order valence-electron chi connectivity index (χ3n) is 5.28. The van der Waals surface area contributed by atoms with Crippen molar-refractivity contribution < 1.29 is 0 Å². The maximum absolute atomic E-state index is 6.13. The molecule has 2 radical (unpaired) electrons. The first kappa shape index (κ1) is 15.0. The van der Waals surface area contributed by atoms with E-state index in [1.807, 2.05) is 31.2 Å². The lowest BCUT2D eigenvalue weighted by molar-refractivity contribution is 0.635. The van der Waals surface area contributed by atoms with Crippen LogP contribution in [0.5, 0.6) is 0 Å². The topological polar surface area (TPSA) is 34.0 Å². The molecule has 122 valence electrons. The second kappa shape index (κ2) is 5.12. The van der Waals surface area contributed by atoms with Crippen molar-refractivity contribution in [3.63, 3.8) is 0 Å². The highest BCUT2D eigenvalue weighted by Gasteiger charge is 2.52. The van der Waals surface area contributed by atoms with Crippen molar-refractivity contribution in [1.29, 1.82) is 0 Å². The van der Waals surface area contributed by atoms with Gasteiger partial charge in [-0.2, -0.15) is 0 Å². The quantitative estimate of drug-likeness (QED) is 0.635. The van der Waals surface area contributed by atoms with Gasteiger partial charge in [-0.05, 0) is 56.2 Å². The van der Waals surface area contributed by atoms with Crippen LogP contribution < -0.4 is 10.4 Å². The fourth-order valence-corrected chi connectivity index (χ4v) is 3.91. The van der Waals surface area contributed by atoms with E-state index in [1.165, 1.54) is 0 Å². The Morgan fingerprint density at radius 3 is 2.52 bits per heavy atom. The van der Waals surface area contributed by atoms with Crippen molar-refractivity contribution in [2.75, 3.05) is 11.4 Å². The minimum absolute atomic E-state index is 0.0503. The minimum atomic E-state index is 0.0503. The zero-order chi connectivity index (χ0) is 17.2. The van der Waals surface area contributed by atoms with Gasteiger partial charge >= 0.3 is 0 Å². The molecule has 3 aromatic rings. The summed E-state index contributed by atoms with van der Waals surface area (Å²) < 4.78 is 2.19. The predicted molar refractivity (Wildman–Crippen MR) is 101 cm³/mol. The SMILES string of the molecule is [B]c1ccc2c(c1)N(c1ccc(Cl)cc1)CC1(CC1)c1nnc(C)n1-2. The fourth-order valence-electron chi connectivity index (χ4n) is 3.78. The van der Waals surface area contributed by atoms with Gasteiger partial charge in [-0.15, -0.1) is 10.2 Å². The second-order valence-corrected chi connectivity index (χ2v) is 7.43. The van der Waals surface area contributed by atoms with E-state index in [0.29, 0.717) is 0 Å². The third kappa shape index (κ3) is 2.22. The molecular weight excluding hydrogens is 331 g/mol. The highest BCUT2D eigenvalue weighted by molar-refractivity contribution is 6.32. The number of halogens is 1.